The topological polar surface area (TPSA) is 9.23 Å². The van der Waals surface area contributed by atoms with Crippen LogP contribution in [-0.4, -0.2) is 12.2 Å². The van der Waals surface area contributed by atoms with Crippen molar-refractivity contribution in [2.75, 3.05) is 0 Å². The van der Waals surface area contributed by atoms with Crippen molar-refractivity contribution in [2.24, 2.45) is 5.92 Å². The van der Waals surface area contributed by atoms with E-state index in [1.807, 2.05) is 0 Å². The molecule has 1 heteroatoms. The monoisotopic (exact) mass is 236 g/mol. The van der Waals surface area contributed by atoms with Gasteiger partial charge in [0.2, 0.25) is 0 Å². The molecular weight excluding hydrogens is 208 g/mol. The van der Waals surface area contributed by atoms with Crippen LogP contribution in [0.25, 0.3) is 0 Å². The fraction of sp³-hybridized carbons (Fsp3) is 0.875. The number of ether oxygens (including phenoxy) is 1. The average Bonchev–Trinajstić information content (AvgIpc) is 2.94. The molecule has 1 saturated heterocycles. The van der Waals surface area contributed by atoms with Crippen LogP contribution in [0.4, 0.5) is 0 Å². The summed E-state index contributed by atoms with van der Waals surface area (Å²) in [5.74, 6) is 0.754. The van der Waals surface area contributed by atoms with Crippen LogP contribution in [0.2, 0.25) is 0 Å². The van der Waals surface area contributed by atoms with Gasteiger partial charge in [-0.1, -0.05) is 70.4 Å². The van der Waals surface area contributed by atoms with Crippen LogP contribution in [0.1, 0.15) is 71.1 Å². The van der Waals surface area contributed by atoms with E-state index in [9.17, 15) is 0 Å². The van der Waals surface area contributed by atoms with E-state index < -0.39 is 0 Å². The Morgan fingerprint density at radius 2 is 1.65 bits per heavy atom. The summed E-state index contributed by atoms with van der Waals surface area (Å²) >= 11 is 0. The van der Waals surface area contributed by atoms with Gasteiger partial charge in [0.25, 0.3) is 0 Å². The van der Waals surface area contributed by atoms with E-state index in [4.69, 9.17) is 4.74 Å². The number of hydrogen-bond donors (Lipinski definition) is 0. The minimum Gasteiger partial charge on any atom is -0.370 e. The number of hydrogen-bond acceptors (Lipinski definition) is 1. The van der Waals surface area contributed by atoms with E-state index in [1.54, 1.807) is 0 Å². The van der Waals surface area contributed by atoms with Crippen molar-refractivity contribution in [3.05, 3.63) is 12.2 Å². The van der Waals surface area contributed by atoms with Crippen LogP contribution in [0.5, 0.6) is 0 Å². The van der Waals surface area contributed by atoms with Gasteiger partial charge in [-0.05, 0) is 12.8 Å². The molecule has 2 aliphatic rings. The van der Waals surface area contributed by atoms with Crippen molar-refractivity contribution < 1.29 is 4.74 Å². The normalized spacial score (nSPS) is 30.3. The molecule has 1 nitrogen and oxygen atoms in total. The molecule has 0 aromatic carbocycles. The Balaban J connectivity index is 1.41. The minimum absolute atomic E-state index is 0.471. The molecule has 0 N–H and O–H groups in total. The predicted octanol–water partition coefficient (Wildman–Crippen LogP) is 4.86. The number of unbranched alkanes of at least 4 members (excludes halogenated alkanes) is 7. The summed E-state index contributed by atoms with van der Waals surface area (Å²) < 4.78 is 5.93. The highest BCUT2D eigenvalue weighted by Gasteiger charge is 2.35. The van der Waals surface area contributed by atoms with E-state index >= 15 is 0 Å². The smallest absolute Gasteiger partial charge is 0.0766 e. The SMILES string of the molecule is CCCCCCCCCCC1OC2C=CC1C2. The van der Waals surface area contributed by atoms with E-state index in [2.05, 4.69) is 19.1 Å². The fourth-order valence-corrected chi connectivity index (χ4v) is 3.16. The van der Waals surface area contributed by atoms with Gasteiger partial charge in [-0.3, -0.25) is 0 Å². The van der Waals surface area contributed by atoms with Crippen LogP contribution >= 0.6 is 0 Å². The van der Waals surface area contributed by atoms with Gasteiger partial charge >= 0.3 is 0 Å². The lowest BCUT2D eigenvalue weighted by Crippen LogP contribution is -2.17. The predicted molar refractivity (Wildman–Crippen MR) is 73.1 cm³/mol. The molecule has 98 valence electrons. The maximum Gasteiger partial charge on any atom is 0.0766 e. The lowest BCUT2D eigenvalue weighted by molar-refractivity contribution is 0.0479. The van der Waals surface area contributed by atoms with E-state index in [0.29, 0.717) is 12.2 Å². The molecule has 2 rings (SSSR count). The molecule has 0 amide bonds. The summed E-state index contributed by atoms with van der Waals surface area (Å²) in [6, 6.07) is 0. The molecule has 2 bridgehead atoms. The largest absolute Gasteiger partial charge is 0.370 e. The van der Waals surface area contributed by atoms with Crippen molar-refractivity contribution in [1.29, 1.82) is 0 Å². The molecule has 1 aliphatic heterocycles. The Kier molecular flexibility index (Phi) is 5.57. The summed E-state index contributed by atoms with van der Waals surface area (Å²) in [5.41, 5.74) is 0. The van der Waals surface area contributed by atoms with E-state index in [1.165, 1.54) is 64.2 Å². The molecule has 0 radical (unpaired) electrons. The van der Waals surface area contributed by atoms with Crippen molar-refractivity contribution in [2.45, 2.75) is 83.3 Å². The van der Waals surface area contributed by atoms with Gasteiger partial charge in [-0.15, -0.1) is 0 Å². The van der Waals surface area contributed by atoms with Crippen molar-refractivity contribution >= 4 is 0 Å². The van der Waals surface area contributed by atoms with Crippen LogP contribution in [0, 0.1) is 5.92 Å². The first kappa shape index (κ1) is 13.1. The standard InChI is InChI=1S/C16H28O/c1-2-3-4-5-6-7-8-9-10-16-14-11-12-15(13-14)17-16/h11-12,14-16H,2-10,13H2,1H3. The van der Waals surface area contributed by atoms with Gasteiger partial charge in [0, 0.05) is 5.92 Å². The molecule has 3 atom stereocenters. The molecule has 3 unspecified atom stereocenters. The second-order valence-corrected chi connectivity index (χ2v) is 5.76. The van der Waals surface area contributed by atoms with Gasteiger partial charge in [-0.25, -0.2) is 0 Å². The quantitative estimate of drug-likeness (QED) is 0.410. The molecule has 0 saturated carbocycles. The van der Waals surface area contributed by atoms with Crippen LogP contribution in [-0.2, 0) is 4.74 Å². The Hall–Kier alpha value is -0.300. The first-order valence-electron chi connectivity index (χ1n) is 7.74. The van der Waals surface area contributed by atoms with E-state index in [0.717, 1.165) is 5.92 Å². The Bertz CT molecular complexity index is 234. The fourth-order valence-electron chi connectivity index (χ4n) is 3.16. The minimum atomic E-state index is 0.471. The van der Waals surface area contributed by atoms with Crippen molar-refractivity contribution in [1.82, 2.24) is 0 Å². The number of fused-ring (bicyclic) bond motifs is 2. The molecule has 0 spiro atoms. The molecular formula is C16H28O. The summed E-state index contributed by atoms with van der Waals surface area (Å²) in [7, 11) is 0. The first-order valence-corrected chi connectivity index (χ1v) is 7.74. The third-order valence-corrected chi connectivity index (χ3v) is 4.25. The van der Waals surface area contributed by atoms with Crippen LogP contribution in [0.3, 0.4) is 0 Å². The lowest BCUT2D eigenvalue weighted by Gasteiger charge is -2.18. The van der Waals surface area contributed by atoms with Gasteiger partial charge in [0.1, 0.15) is 0 Å². The van der Waals surface area contributed by atoms with Crippen LogP contribution < -0.4 is 0 Å². The molecule has 0 aromatic rings. The van der Waals surface area contributed by atoms with Gasteiger partial charge in [0.15, 0.2) is 0 Å². The van der Waals surface area contributed by atoms with Crippen molar-refractivity contribution in [3.8, 4) is 0 Å². The molecule has 0 aromatic heterocycles. The summed E-state index contributed by atoms with van der Waals surface area (Å²) in [6.07, 6.45) is 19.5. The molecule has 17 heavy (non-hydrogen) atoms. The van der Waals surface area contributed by atoms with Crippen LogP contribution in [0.15, 0.2) is 12.2 Å². The maximum atomic E-state index is 5.93. The van der Waals surface area contributed by atoms with Gasteiger partial charge in [-0.2, -0.15) is 0 Å². The maximum absolute atomic E-state index is 5.93. The Morgan fingerprint density at radius 1 is 0.941 bits per heavy atom. The molecule has 1 aliphatic carbocycles. The number of rotatable bonds is 9. The highest BCUT2D eigenvalue weighted by Crippen LogP contribution is 2.36. The zero-order valence-corrected chi connectivity index (χ0v) is 11.4. The third-order valence-electron chi connectivity index (χ3n) is 4.25. The zero-order chi connectivity index (χ0) is 11.9. The highest BCUT2D eigenvalue weighted by molar-refractivity contribution is 5.10. The van der Waals surface area contributed by atoms with Gasteiger partial charge < -0.3 is 4.74 Å². The van der Waals surface area contributed by atoms with E-state index in [-0.39, 0.29) is 0 Å². The second-order valence-electron chi connectivity index (χ2n) is 5.76. The Labute approximate surface area is 107 Å². The van der Waals surface area contributed by atoms with Gasteiger partial charge in [0.05, 0.1) is 12.2 Å². The lowest BCUT2D eigenvalue weighted by atomic mass is 9.98. The zero-order valence-electron chi connectivity index (χ0n) is 11.4. The summed E-state index contributed by atoms with van der Waals surface area (Å²) in [5, 5.41) is 0. The summed E-state index contributed by atoms with van der Waals surface area (Å²) in [6.45, 7) is 2.28. The molecule has 1 heterocycles. The third kappa shape index (κ3) is 4.13. The Morgan fingerprint density at radius 3 is 2.24 bits per heavy atom. The first-order chi connectivity index (χ1) is 8.40. The highest BCUT2D eigenvalue weighted by atomic mass is 16.5. The molecule has 1 fully saturated rings. The average molecular weight is 236 g/mol. The second kappa shape index (κ2) is 7.20. The van der Waals surface area contributed by atoms with Crippen molar-refractivity contribution in [3.63, 3.8) is 0 Å². The summed E-state index contributed by atoms with van der Waals surface area (Å²) in [4.78, 5) is 0.